The second-order valence-corrected chi connectivity index (χ2v) is 7.11. The molecule has 21 heavy (non-hydrogen) atoms. The summed E-state index contributed by atoms with van der Waals surface area (Å²) in [4.78, 5) is 1.26. The van der Waals surface area contributed by atoms with Crippen molar-refractivity contribution in [2.45, 2.75) is 19.9 Å². The number of hydrogen-bond acceptors (Lipinski definition) is 4. The summed E-state index contributed by atoms with van der Waals surface area (Å²) in [5, 5.41) is 3.54. The molecule has 0 amide bonds. The van der Waals surface area contributed by atoms with Gasteiger partial charge in [0.15, 0.2) is 0 Å². The van der Waals surface area contributed by atoms with Gasteiger partial charge in [0.1, 0.15) is 11.5 Å². The number of hydrogen-bond donors (Lipinski definition) is 1. The van der Waals surface area contributed by atoms with Gasteiger partial charge in [0.25, 0.3) is 0 Å². The van der Waals surface area contributed by atoms with E-state index in [4.69, 9.17) is 9.47 Å². The first-order valence-corrected chi connectivity index (χ1v) is 8.42. The van der Waals surface area contributed by atoms with E-state index in [9.17, 15) is 0 Å². The minimum atomic E-state index is 0.0926. The Labute approximate surface area is 138 Å². The van der Waals surface area contributed by atoms with Crippen molar-refractivity contribution in [1.29, 1.82) is 0 Å². The van der Waals surface area contributed by atoms with Crippen LogP contribution in [0.5, 0.6) is 11.5 Å². The van der Waals surface area contributed by atoms with Crippen LogP contribution < -0.4 is 14.8 Å². The Kier molecular flexibility index (Phi) is 5.67. The maximum Gasteiger partial charge on any atom is 0.124 e. The highest BCUT2D eigenvalue weighted by molar-refractivity contribution is 9.11. The van der Waals surface area contributed by atoms with Crippen LogP contribution in [0.4, 0.5) is 0 Å². The minimum Gasteiger partial charge on any atom is -0.497 e. The SMILES string of the molecule is CCNC(c1cc(C)c(Br)s1)c1cc(OC)ccc1OC. The van der Waals surface area contributed by atoms with Gasteiger partial charge in [-0.05, 0) is 59.2 Å². The van der Waals surface area contributed by atoms with Crippen LogP contribution in [-0.2, 0) is 0 Å². The summed E-state index contributed by atoms with van der Waals surface area (Å²) < 4.78 is 12.1. The maximum atomic E-state index is 5.53. The average molecular weight is 370 g/mol. The third-order valence-corrected chi connectivity index (χ3v) is 5.52. The molecule has 0 aliphatic heterocycles. The van der Waals surface area contributed by atoms with Crippen molar-refractivity contribution in [2.75, 3.05) is 20.8 Å². The van der Waals surface area contributed by atoms with Gasteiger partial charge in [-0.25, -0.2) is 0 Å². The monoisotopic (exact) mass is 369 g/mol. The lowest BCUT2D eigenvalue weighted by Gasteiger charge is -2.20. The van der Waals surface area contributed by atoms with Gasteiger partial charge in [-0.3, -0.25) is 0 Å². The number of aryl methyl sites for hydroxylation is 1. The van der Waals surface area contributed by atoms with Crippen molar-refractivity contribution in [3.8, 4) is 11.5 Å². The summed E-state index contributed by atoms with van der Waals surface area (Å²) in [6.07, 6.45) is 0. The van der Waals surface area contributed by atoms with Crippen molar-refractivity contribution >= 4 is 27.3 Å². The molecule has 0 radical (unpaired) electrons. The van der Waals surface area contributed by atoms with E-state index >= 15 is 0 Å². The van der Waals surface area contributed by atoms with Crippen LogP contribution in [-0.4, -0.2) is 20.8 Å². The molecule has 114 valence electrons. The number of ether oxygens (including phenoxy) is 2. The zero-order chi connectivity index (χ0) is 15.4. The lowest BCUT2D eigenvalue weighted by atomic mass is 10.0. The van der Waals surface area contributed by atoms with E-state index in [1.54, 1.807) is 25.6 Å². The summed E-state index contributed by atoms with van der Waals surface area (Å²) in [6, 6.07) is 8.21. The van der Waals surface area contributed by atoms with Gasteiger partial charge in [0.05, 0.1) is 24.0 Å². The molecular formula is C16H20BrNO2S. The predicted octanol–water partition coefficient (Wildman–Crippen LogP) is 4.54. The number of methoxy groups -OCH3 is 2. The van der Waals surface area contributed by atoms with Crippen LogP contribution in [0, 0.1) is 6.92 Å². The third kappa shape index (κ3) is 3.59. The first-order valence-electron chi connectivity index (χ1n) is 6.81. The standard InChI is InChI=1S/C16H20BrNO2S/c1-5-18-15(14-8-10(2)16(17)21-14)12-9-11(19-3)6-7-13(12)20-4/h6-9,15,18H,5H2,1-4H3. The molecule has 0 saturated heterocycles. The largest absolute Gasteiger partial charge is 0.497 e. The molecule has 2 aromatic rings. The molecule has 1 heterocycles. The summed E-state index contributed by atoms with van der Waals surface area (Å²) >= 11 is 5.35. The van der Waals surface area contributed by atoms with E-state index < -0.39 is 0 Å². The molecule has 1 unspecified atom stereocenters. The van der Waals surface area contributed by atoms with Crippen molar-refractivity contribution < 1.29 is 9.47 Å². The number of halogens is 1. The Balaban J connectivity index is 2.51. The van der Waals surface area contributed by atoms with Crippen molar-refractivity contribution in [3.63, 3.8) is 0 Å². The fraction of sp³-hybridized carbons (Fsp3) is 0.375. The molecule has 0 aliphatic carbocycles. The van der Waals surface area contributed by atoms with E-state index in [1.807, 2.05) is 18.2 Å². The molecule has 5 heteroatoms. The van der Waals surface area contributed by atoms with Crippen LogP contribution in [0.25, 0.3) is 0 Å². The second kappa shape index (κ2) is 7.29. The highest BCUT2D eigenvalue weighted by Gasteiger charge is 2.21. The van der Waals surface area contributed by atoms with Crippen molar-refractivity contribution in [3.05, 3.63) is 44.1 Å². The van der Waals surface area contributed by atoms with Crippen LogP contribution in [0.3, 0.4) is 0 Å². The fourth-order valence-electron chi connectivity index (χ4n) is 2.26. The smallest absolute Gasteiger partial charge is 0.124 e. The van der Waals surface area contributed by atoms with E-state index in [-0.39, 0.29) is 6.04 Å². The summed E-state index contributed by atoms with van der Waals surface area (Å²) in [5.41, 5.74) is 2.34. The van der Waals surface area contributed by atoms with Crippen molar-refractivity contribution in [2.24, 2.45) is 0 Å². The van der Waals surface area contributed by atoms with Gasteiger partial charge < -0.3 is 14.8 Å². The zero-order valence-electron chi connectivity index (χ0n) is 12.7. The number of nitrogens with one attached hydrogen (secondary N) is 1. The molecule has 1 atom stereocenters. The van der Waals surface area contributed by atoms with Gasteiger partial charge in [-0.1, -0.05) is 6.92 Å². The topological polar surface area (TPSA) is 30.5 Å². The predicted molar refractivity (Wildman–Crippen MR) is 91.8 cm³/mol. The van der Waals surface area contributed by atoms with Crippen LogP contribution >= 0.6 is 27.3 Å². The minimum absolute atomic E-state index is 0.0926. The molecule has 1 aromatic carbocycles. The maximum absolute atomic E-state index is 5.53. The lowest BCUT2D eigenvalue weighted by Crippen LogP contribution is -2.21. The van der Waals surface area contributed by atoms with Crippen LogP contribution in [0.15, 0.2) is 28.1 Å². The van der Waals surface area contributed by atoms with Gasteiger partial charge in [0, 0.05) is 10.4 Å². The van der Waals surface area contributed by atoms with Crippen LogP contribution in [0.1, 0.15) is 29.0 Å². The molecule has 0 fully saturated rings. The number of rotatable bonds is 6. The lowest BCUT2D eigenvalue weighted by molar-refractivity contribution is 0.394. The molecule has 0 bridgehead atoms. The highest BCUT2D eigenvalue weighted by Crippen LogP contribution is 2.38. The van der Waals surface area contributed by atoms with E-state index in [0.717, 1.165) is 23.6 Å². The zero-order valence-corrected chi connectivity index (χ0v) is 15.1. The molecule has 0 spiro atoms. The van der Waals surface area contributed by atoms with Gasteiger partial charge >= 0.3 is 0 Å². The van der Waals surface area contributed by atoms with E-state index in [2.05, 4.69) is 41.2 Å². The average Bonchev–Trinajstić information content (AvgIpc) is 2.83. The molecule has 0 aliphatic rings. The van der Waals surface area contributed by atoms with Gasteiger partial charge in [-0.15, -0.1) is 11.3 Å². The second-order valence-electron chi connectivity index (χ2n) is 4.70. The van der Waals surface area contributed by atoms with Crippen molar-refractivity contribution in [1.82, 2.24) is 5.32 Å². The van der Waals surface area contributed by atoms with Gasteiger partial charge in [0.2, 0.25) is 0 Å². The molecule has 0 saturated carbocycles. The Hall–Kier alpha value is -1.04. The quantitative estimate of drug-likeness (QED) is 0.810. The number of benzene rings is 1. The Morgan fingerprint density at radius 2 is 2.00 bits per heavy atom. The highest BCUT2D eigenvalue weighted by atomic mass is 79.9. The van der Waals surface area contributed by atoms with Gasteiger partial charge in [-0.2, -0.15) is 0 Å². The van der Waals surface area contributed by atoms with E-state index in [0.29, 0.717) is 0 Å². The third-order valence-electron chi connectivity index (χ3n) is 3.32. The number of thiophene rings is 1. The molecule has 1 N–H and O–H groups in total. The van der Waals surface area contributed by atoms with Crippen LogP contribution in [0.2, 0.25) is 0 Å². The Morgan fingerprint density at radius 3 is 2.52 bits per heavy atom. The fourth-order valence-corrected chi connectivity index (χ4v) is 3.92. The molecule has 1 aromatic heterocycles. The summed E-state index contributed by atoms with van der Waals surface area (Å²) in [5.74, 6) is 1.70. The normalized spacial score (nSPS) is 12.2. The first-order chi connectivity index (χ1) is 10.1. The molecule has 3 nitrogen and oxygen atoms in total. The molecular weight excluding hydrogens is 350 g/mol. The first kappa shape index (κ1) is 16.3. The molecule has 2 rings (SSSR count). The summed E-state index contributed by atoms with van der Waals surface area (Å²) in [6.45, 7) is 5.09. The van der Waals surface area contributed by atoms with E-state index in [1.165, 1.54) is 14.2 Å². The Morgan fingerprint density at radius 1 is 1.24 bits per heavy atom. The summed E-state index contributed by atoms with van der Waals surface area (Å²) in [7, 11) is 3.38. The Bertz CT molecular complexity index is 593.